The van der Waals surface area contributed by atoms with E-state index in [1.807, 2.05) is 45.3 Å². The molecule has 0 atom stereocenters. The van der Waals surface area contributed by atoms with Gasteiger partial charge in [-0.2, -0.15) is 0 Å². The summed E-state index contributed by atoms with van der Waals surface area (Å²) in [4.78, 5) is 10.4. The molecule has 0 fully saturated rings. The van der Waals surface area contributed by atoms with Crippen LogP contribution in [-0.2, 0) is 0 Å². The Morgan fingerprint density at radius 1 is 0.224 bits per heavy atom. The molecule has 4 nitrogen and oxygen atoms in total. The van der Waals surface area contributed by atoms with Gasteiger partial charge in [0, 0.05) is 93.5 Å². The minimum absolute atomic E-state index is 1.11. The highest BCUT2D eigenvalue weighted by Crippen LogP contribution is 2.48. The van der Waals surface area contributed by atoms with Gasteiger partial charge in [-0.15, -0.1) is 68.0 Å². The first-order chi connectivity index (χ1) is 37.7. The zero-order valence-corrected chi connectivity index (χ0v) is 45.1. The van der Waals surface area contributed by atoms with E-state index in [1.54, 1.807) is 22.7 Å². The summed E-state index contributed by atoms with van der Waals surface area (Å²) in [6.07, 6.45) is 0. The average Bonchev–Trinajstić information content (AvgIpc) is 4.51. The number of hydrogen-bond acceptors (Lipinski definition) is 6. The van der Waals surface area contributed by atoms with Crippen LogP contribution in [0.5, 0.6) is 0 Å². The molecule has 0 unspecified atom stereocenters. The predicted octanol–water partition coefficient (Wildman–Crippen LogP) is 21.1. The molecule has 358 valence electrons. The first kappa shape index (κ1) is 43.2. The van der Waals surface area contributed by atoms with E-state index in [1.165, 1.54) is 136 Å². The zero-order chi connectivity index (χ0) is 49.6. The number of para-hydroxylation sites is 4. The normalized spacial score (nSPS) is 12.2. The smallest absolute Gasteiger partial charge is 0.101 e. The Morgan fingerprint density at radius 2 is 0.553 bits per heavy atom. The topological polar surface area (TPSA) is 19.7 Å². The van der Waals surface area contributed by atoms with Gasteiger partial charge >= 0.3 is 0 Å². The summed E-state index contributed by atoms with van der Waals surface area (Å²) >= 11 is 11.1. The molecule has 0 saturated carbocycles. The second-order valence-electron chi connectivity index (χ2n) is 19.2. The molecule has 10 aromatic heterocycles. The maximum atomic E-state index is 2.54. The summed E-state index contributed by atoms with van der Waals surface area (Å²) < 4.78 is 10.1. The van der Waals surface area contributed by atoms with Gasteiger partial charge in [0.2, 0.25) is 0 Å². The highest BCUT2D eigenvalue weighted by atomic mass is 32.1. The second kappa shape index (κ2) is 16.7. The fraction of sp³-hybridized carbons (Fsp3) is 0. The summed E-state index contributed by atoms with van der Waals surface area (Å²) in [7, 11) is 0. The Labute approximate surface area is 459 Å². The van der Waals surface area contributed by atoms with Crippen LogP contribution >= 0.6 is 68.0 Å². The van der Waals surface area contributed by atoms with Crippen LogP contribution in [-0.4, -0.2) is 18.3 Å². The van der Waals surface area contributed by atoms with Gasteiger partial charge in [0.1, 0.15) is 10.0 Å². The molecule has 0 radical (unpaired) electrons. The first-order valence-electron chi connectivity index (χ1n) is 25.2. The van der Waals surface area contributed by atoms with Gasteiger partial charge in [-0.3, -0.25) is 9.13 Å². The lowest BCUT2D eigenvalue weighted by Gasteiger charge is -2.15. The van der Waals surface area contributed by atoms with E-state index in [4.69, 9.17) is 0 Å². The van der Waals surface area contributed by atoms with E-state index in [2.05, 4.69) is 247 Å². The van der Waals surface area contributed by atoms with Gasteiger partial charge in [0.05, 0.1) is 44.1 Å². The van der Waals surface area contributed by atoms with Crippen molar-refractivity contribution in [3.8, 4) is 60.4 Å². The molecule has 0 aliphatic carbocycles. The first-order valence-corrected chi connectivity index (χ1v) is 30.2. The highest BCUT2D eigenvalue weighted by molar-refractivity contribution is 7.27. The molecule has 76 heavy (non-hydrogen) atoms. The van der Waals surface area contributed by atoms with Crippen molar-refractivity contribution in [1.82, 2.24) is 18.3 Å². The van der Waals surface area contributed by atoms with Gasteiger partial charge in [-0.05, 0) is 114 Å². The third-order valence-corrected chi connectivity index (χ3v) is 22.0. The van der Waals surface area contributed by atoms with Crippen LogP contribution in [0.3, 0.4) is 0 Å². The predicted molar refractivity (Wildman–Crippen MR) is 333 cm³/mol. The number of benzene rings is 7. The van der Waals surface area contributed by atoms with Gasteiger partial charge in [0.25, 0.3) is 0 Å². The van der Waals surface area contributed by atoms with Crippen LogP contribution in [0, 0.1) is 0 Å². The molecule has 0 bridgehead atoms. The van der Waals surface area contributed by atoms with E-state index in [9.17, 15) is 0 Å². The molecule has 17 rings (SSSR count). The van der Waals surface area contributed by atoms with Crippen LogP contribution < -0.4 is 0 Å². The summed E-state index contributed by atoms with van der Waals surface area (Å²) in [5.41, 5.74) is 11.8. The van der Waals surface area contributed by atoms with Gasteiger partial charge in [-0.25, -0.2) is 0 Å². The molecule has 7 aromatic carbocycles. The average molecular weight is 1080 g/mol. The summed E-state index contributed by atoms with van der Waals surface area (Å²) in [6.45, 7) is 0. The number of fused-ring (bicyclic) bond motifs is 14. The SMILES string of the molecule is c1cc(-n2c3ccccc3c3ccc4c5ccccc5n(-c5ccc(-c6ccc(-c7cccs7)s6)s5)c4c32)cc(-n2c3ccccc3c3ccc4c5ccccc5n(-c5ccc(-c6ccc(-c7cccs7)s6)s5)c4c32)c1. The molecule has 0 spiro atoms. The van der Waals surface area contributed by atoms with Crippen molar-refractivity contribution in [2.24, 2.45) is 0 Å². The molecule has 0 aliphatic heterocycles. The molecule has 10 heteroatoms. The quantitative estimate of drug-likeness (QED) is 0.145. The highest BCUT2D eigenvalue weighted by Gasteiger charge is 2.25. The molecule has 0 N–H and O–H groups in total. The van der Waals surface area contributed by atoms with Gasteiger partial charge < -0.3 is 9.13 Å². The third-order valence-electron chi connectivity index (χ3n) is 15.1. The minimum Gasteiger partial charge on any atom is -0.307 e. The van der Waals surface area contributed by atoms with E-state index in [-0.39, 0.29) is 0 Å². The Hall–Kier alpha value is -8.06. The summed E-state index contributed by atoms with van der Waals surface area (Å²) in [5.74, 6) is 0. The van der Waals surface area contributed by atoms with E-state index >= 15 is 0 Å². The number of thiophene rings is 6. The fourth-order valence-electron chi connectivity index (χ4n) is 12.0. The molecular formula is C66H38N4S6. The zero-order valence-electron chi connectivity index (χ0n) is 40.2. The maximum Gasteiger partial charge on any atom is 0.101 e. The Morgan fingerprint density at radius 3 is 0.934 bits per heavy atom. The van der Waals surface area contributed by atoms with Crippen LogP contribution in [0.2, 0.25) is 0 Å². The Balaban J connectivity index is 0.899. The lowest BCUT2D eigenvalue weighted by molar-refractivity contribution is 1.13. The molecule has 0 saturated heterocycles. The van der Waals surface area contributed by atoms with Crippen molar-refractivity contribution in [2.45, 2.75) is 0 Å². The maximum absolute atomic E-state index is 2.54. The molecular weight excluding hydrogens is 1040 g/mol. The van der Waals surface area contributed by atoms with Crippen LogP contribution in [0.25, 0.3) is 148 Å². The van der Waals surface area contributed by atoms with Crippen molar-refractivity contribution in [1.29, 1.82) is 0 Å². The van der Waals surface area contributed by atoms with Crippen molar-refractivity contribution in [2.75, 3.05) is 0 Å². The van der Waals surface area contributed by atoms with E-state index in [0.29, 0.717) is 0 Å². The van der Waals surface area contributed by atoms with Gasteiger partial charge in [0.15, 0.2) is 0 Å². The lowest BCUT2D eigenvalue weighted by Crippen LogP contribution is -2.01. The summed E-state index contributed by atoms with van der Waals surface area (Å²) in [5, 5.41) is 16.6. The lowest BCUT2D eigenvalue weighted by atomic mass is 10.1. The van der Waals surface area contributed by atoms with Crippen LogP contribution in [0.15, 0.2) is 229 Å². The number of nitrogens with zero attached hydrogens (tertiary/aromatic N) is 4. The Kier molecular flexibility index (Phi) is 9.51. The van der Waals surface area contributed by atoms with Crippen molar-refractivity contribution >= 4 is 155 Å². The number of hydrogen-bond donors (Lipinski definition) is 0. The standard InChI is InChI=1S/C66H38N4S6/c1-5-18-49-41(14-1)45-24-26-47-43-16-3-7-20-51(43)69(61-34-32-59(75-61)57-30-28-55(73-57)53-22-10-36-71-53)65(47)63(45)67(49)39-12-9-13-40(38-39)68-50-19-6-2-15-42(50)46-25-27-48-44-17-4-8-21-52(44)70(66(48)64(46)68)62-35-33-60(76-62)58-31-29-56(74-58)54-23-11-37-72-54/h1-38H. The third kappa shape index (κ3) is 6.31. The van der Waals surface area contributed by atoms with Crippen molar-refractivity contribution in [3.05, 3.63) is 229 Å². The van der Waals surface area contributed by atoms with Crippen LogP contribution in [0.4, 0.5) is 0 Å². The molecule has 17 aromatic rings. The summed E-state index contributed by atoms with van der Waals surface area (Å²) in [6, 6.07) is 81.6. The number of rotatable bonds is 8. The number of aromatic nitrogens is 4. The monoisotopic (exact) mass is 1080 g/mol. The van der Waals surface area contributed by atoms with Crippen molar-refractivity contribution < 1.29 is 0 Å². The Bertz CT molecular complexity index is 4810. The van der Waals surface area contributed by atoms with Gasteiger partial charge in [-0.1, -0.05) is 115 Å². The van der Waals surface area contributed by atoms with Crippen molar-refractivity contribution in [3.63, 3.8) is 0 Å². The fourth-order valence-corrected chi connectivity index (χ4v) is 17.9. The molecule has 10 heterocycles. The van der Waals surface area contributed by atoms with Crippen LogP contribution in [0.1, 0.15) is 0 Å². The minimum atomic E-state index is 1.11. The molecule has 0 aliphatic rings. The second-order valence-corrected chi connectivity index (χ2v) is 25.4. The largest absolute Gasteiger partial charge is 0.307 e. The van der Waals surface area contributed by atoms with E-state index in [0.717, 1.165) is 11.4 Å². The molecule has 0 amide bonds. The van der Waals surface area contributed by atoms with E-state index < -0.39 is 0 Å².